The molecule has 1 aliphatic rings. The second-order valence-electron chi connectivity index (χ2n) is 6.46. The normalized spacial score (nSPS) is 20.4. The third-order valence-electron chi connectivity index (χ3n) is 4.81. The lowest BCUT2D eigenvalue weighted by atomic mass is 10.2. The van der Waals surface area contributed by atoms with E-state index in [9.17, 15) is 9.59 Å². The van der Waals surface area contributed by atoms with Gasteiger partial charge in [-0.25, -0.2) is 9.78 Å². The summed E-state index contributed by atoms with van der Waals surface area (Å²) in [6.07, 6.45) is 1.66. The Balaban J connectivity index is 1.87. The molecule has 3 rings (SSSR count). The molecular weight excluding hydrogens is 296 g/mol. The van der Waals surface area contributed by atoms with Gasteiger partial charge in [0.2, 0.25) is 0 Å². The van der Waals surface area contributed by atoms with Gasteiger partial charge in [-0.05, 0) is 14.0 Å². The van der Waals surface area contributed by atoms with E-state index < -0.39 is 0 Å². The lowest BCUT2D eigenvalue weighted by molar-refractivity contribution is 0.0971. The zero-order valence-electron chi connectivity index (χ0n) is 14.2. The molecule has 1 aliphatic heterocycles. The van der Waals surface area contributed by atoms with Gasteiger partial charge in [-0.1, -0.05) is 0 Å². The maximum Gasteiger partial charge on any atom is 0.332 e. The maximum absolute atomic E-state index is 12.4. The van der Waals surface area contributed by atoms with E-state index >= 15 is 0 Å². The monoisotopic (exact) mass is 320 g/mol. The third kappa shape index (κ3) is 2.72. The van der Waals surface area contributed by atoms with Gasteiger partial charge in [0.15, 0.2) is 11.2 Å². The van der Waals surface area contributed by atoms with E-state index in [4.69, 9.17) is 0 Å². The average Bonchev–Trinajstić information content (AvgIpc) is 2.94. The molecule has 8 heteroatoms. The number of aryl methyl sites for hydroxylation is 1. The number of hydrogen-bond donors (Lipinski definition) is 0. The van der Waals surface area contributed by atoms with Crippen LogP contribution in [0.3, 0.4) is 0 Å². The molecule has 126 valence electrons. The van der Waals surface area contributed by atoms with Crippen LogP contribution in [-0.2, 0) is 20.6 Å². The van der Waals surface area contributed by atoms with Gasteiger partial charge in [0.25, 0.3) is 5.56 Å². The van der Waals surface area contributed by atoms with Gasteiger partial charge >= 0.3 is 5.69 Å². The molecule has 0 N–H and O–H groups in total. The fraction of sp³-hybridized carbons (Fsp3) is 0.667. The number of imidazole rings is 1. The van der Waals surface area contributed by atoms with Crippen LogP contribution in [0.4, 0.5) is 0 Å². The average molecular weight is 320 g/mol. The van der Waals surface area contributed by atoms with E-state index in [1.807, 2.05) is 4.57 Å². The molecule has 1 fully saturated rings. The van der Waals surface area contributed by atoms with Crippen molar-refractivity contribution in [3.63, 3.8) is 0 Å². The summed E-state index contributed by atoms with van der Waals surface area (Å²) in [5.41, 5.74) is 0.313. The highest BCUT2D eigenvalue weighted by molar-refractivity contribution is 5.69. The van der Waals surface area contributed by atoms with E-state index in [2.05, 4.69) is 28.8 Å². The minimum absolute atomic E-state index is 0.285. The third-order valence-corrected chi connectivity index (χ3v) is 4.81. The van der Waals surface area contributed by atoms with Crippen molar-refractivity contribution < 1.29 is 0 Å². The van der Waals surface area contributed by atoms with Crippen molar-refractivity contribution in [2.24, 2.45) is 14.1 Å². The molecule has 23 heavy (non-hydrogen) atoms. The van der Waals surface area contributed by atoms with Gasteiger partial charge in [0, 0.05) is 52.9 Å². The van der Waals surface area contributed by atoms with Gasteiger partial charge in [-0.3, -0.25) is 18.8 Å². The molecule has 3 heterocycles. The van der Waals surface area contributed by atoms with Crippen molar-refractivity contribution in [3.8, 4) is 0 Å². The van der Waals surface area contributed by atoms with Crippen LogP contribution in [0, 0.1) is 0 Å². The van der Waals surface area contributed by atoms with Crippen molar-refractivity contribution in [1.29, 1.82) is 0 Å². The lowest BCUT2D eigenvalue weighted by Gasteiger charge is -2.38. The SMILES string of the molecule is CC1CN(C)CCN1CCn1cnc2c1c(=O)n(C)c(=O)n2C. The molecule has 0 amide bonds. The molecule has 0 aromatic carbocycles. The fourth-order valence-corrected chi connectivity index (χ4v) is 3.31. The number of nitrogens with zero attached hydrogens (tertiary/aromatic N) is 6. The van der Waals surface area contributed by atoms with Crippen LogP contribution in [0.25, 0.3) is 11.2 Å². The summed E-state index contributed by atoms with van der Waals surface area (Å²) in [7, 11) is 5.29. The fourth-order valence-electron chi connectivity index (χ4n) is 3.31. The van der Waals surface area contributed by atoms with Crippen molar-refractivity contribution >= 4 is 11.2 Å². The van der Waals surface area contributed by atoms with E-state index in [1.165, 1.54) is 11.6 Å². The van der Waals surface area contributed by atoms with Crippen molar-refractivity contribution in [1.82, 2.24) is 28.5 Å². The second kappa shape index (κ2) is 5.93. The first-order valence-corrected chi connectivity index (χ1v) is 7.93. The van der Waals surface area contributed by atoms with Gasteiger partial charge in [-0.2, -0.15) is 0 Å². The number of aromatic nitrogens is 4. The summed E-state index contributed by atoms with van der Waals surface area (Å²) in [5, 5.41) is 0. The topological polar surface area (TPSA) is 68.3 Å². The van der Waals surface area contributed by atoms with Gasteiger partial charge in [0.05, 0.1) is 6.33 Å². The molecule has 2 aromatic heterocycles. The van der Waals surface area contributed by atoms with Gasteiger partial charge < -0.3 is 9.47 Å². The molecule has 0 aliphatic carbocycles. The summed E-state index contributed by atoms with van der Waals surface area (Å²) in [5.74, 6) is 0. The zero-order chi connectivity index (χ0) is 16.7. The Bertz CT molecular complexity index is 833. The van der Waals surface area contributed by atoms with Crippen LogP contribution in [-0.4, -0.2) is 67.8 Å². The van der Waals surface area contributed by atoms with E-state index in [1.54, 1.807) is 13.4 Å². The van der Waals surface area contributed by atoms with Crippen LogP contribution in [0.2, 0.25) is 0 Å². The number of piperazine rings is 1. The smallest absolute Gasteiger partial charge is 0.323 e. The number of likely N-dealkylation sites (N-methyl/N-ethyl adjacent to an activating group) is 1. The molecule has 1 saturated heterocycles. The van der Waals surface area contributed by atoms with Gasteiger partial charge in [-0.15, -0.1) is 0 Å². The molecule has 0 radical (unpaired) electrons. The first-order valence-electron chi connectivity index (χ1n) is 7.93. The van der Waals surface area contributed by atoms with E-state index in [0.29, 0.717) is 23.8 Å². The lowest BCUT2D eigenvalue weighted by Crippen LogP contribution is -2.51. The summed E-state index contributed by atoms with van der Waals surface area (Å²) in [6.45, 7) is 6.93. The number of fused-ring (bicyclic) bond motifs is 1. The number of hydrogen-bond acceptors (Lipinski definition) is 5. The molecule has 1 unspecified atom stereocenters. The van der Waals surface area contributed by atoms with E-state index in [0.717, 1.165) is 30.7 Å². The Morgan fingerprint density at radius 1 is 1.13 bits per heavy atom. The summed E-state index contributed by atoms with van der Waals surface area (Å²) in [4.78, 5) is 33.4. The van der Waals surface area contributed by atoms with Crippen molar-refractivity contribution in [2.45, 2.75) is 19.5 Å². The van der Waals surface area contributed by atoms with Crippen LogP contribution >= 0.6 is 0 Å². The Kier molecular flexibility index (Phi) is 4.11. The van der Waals surface area contributed by atoms with Crippen molar-refractivity contribution in [2.75, 3.05) is 33.2 Å². The molecule has 0 bridgehead atoms. The number of rotatable bonds is 3. The highest BCUT2D eigenvalue weighted by Crippen LogP contribution is 2.10. The van der Waals surface area contributed by atoms with Crippen LogP contribution in [0.5, 0.6) is 0 Å². The first-order chi connectivity index (χ1) is 10.9. The second-order valence-corrected chi connectivity index (χ2v) is 6.46. The molecule has 1 atom stereocenters. The highest BCUT2D eigenvalue weighted by Gasteiger charge is 2.21. The summed E-state index contributed by atoms with van der Waals surface area (Å²) >= 11 is 0. The molecule has 8 nitrogen and oxygen atoms in total. The summed E-state index contributed by atoms with van der Waals surface area (Å²) in [6, 6.07) is 0.496. The van der Waals surface area contributed by atoms with E-state index in [-0.39, 0.29) is 11.2 Å². The summed E-state index contributed by atoms with van der Waals surface area (Å²) < 4.78 is 4.42. The Morgan fingerprint density at radius 2 is 1.87 bits per heavy atom. The predicted molar refractivity (Wildman–Crippen MR) is 88.7 cm³/mol. The first kappa shape index (κ1) is 15.9. The Hall–Kier alpha value is -1.93. The predicted octanol–water partition coefficient (Wildman–Crippen LogP) is -0.930. The zero-order valence-corrected chi connectivity index (χ0v) is 14.2. The van der Waals surface area contributed by atoms with Crippen LogP contribution in [0.15, 0.2) is 15.9 Å². The largest absolute Gasteiger partial charge is 0.332 e. The standard InChI is InChI=1S/C15H24N6O2/c1-11-9-17(2)5-6-20(11)7-8-21-10-16-13-12(21)14(22)19(4)15(23)18(13)3/h10-11H,5-9H2,1-4H3. The molecule has 0 spiro atoms. The van der Waals surface area contributed by atoms with Crippen molar-refractivity contribution in [3.05, 3.63) is 27.2 Å². The highest BCUT2D eigenvalue weighted by atomic mass is 16.2. The molecule has 2 aromatic rings. The van der Waals surface area contributed by atoms with Crippen LogP contribution in [0.1, 0.15) is 6.92 Å². The Labute approximate surface area is 134 Å². The Morgan fingerprint density at radius 3 is 2.57 bits per heavy atom. The molecule has 0 saturated carbocycles. The minimum Gasteiger partial charge on any atom is -0.323 e. The molecular formula is C15H24N6O2. The van der Waals surface area contributed by atoms with Crippen LogP contribution < -0.4 is 11.2 Å². The van der Waals surface area contributed by atoms with Gasteiger partial charge in [0.1, 0.15) is 0 Å². The maximum atomic E-state index is 12.4. The minimum atomic E-state index is -0.347. The quantitative estimate of drug-likeness (QED) is 0.731.